The summed E-state index contributed by atoms with van der Waals surface area (Å²) >= 11 is 0. The Morgan fingerprint density at radius 3 is 2.27 bits per heavy atom. The maximum atomic E-state index is 13.9. The molecule has 2 aromatic heterocycles. The molecule has 0 spiro atoms. The van der Waals surface area contributed by atoms with Crippen LogP contribution < -0.4 is 16.0 Å². The van der Waals surface area contributed by atoms with Gasteiger partial charge in [0.2, 0.25) is 17.7 Å². The summed E-state index contributed by atoms with van der Waals surface area (Å²) in [7, 11) is 0. The van der Waals surface area contributed by atoms with Crippen molar-refractivity contribution >= 4 is 41.2 Å². The molecule has 14 heteroatoms. The lowest BCUT2D eigenvalue weighted by Gasteiger charge is -2.61. The molecule has 5 fully saturated rings. The highest BCUT2D eigenvalue weighted by Crippen LogP contribution is 2.66. The maximum Gasteiger partial charge on any atom is 0.355 e. The fourth-order valence-corrected chi connectivity index (χ4v) is 11.5. The van der Waals surface area contributed by atoms with Gasteiger partial charge in [-0.05, 0) is 100 Å². The second kappa shape index (κ2) is 16.7. The van der Waals surface area contributed by atoms with Gasteiger partial charge in [0.1, 0.15) is 6.04 Å². The predicted octanol–water partition coefficient (Wildman–Crippen LogP) is 6.29. The summed E-state index contributed by atoms with van der Waals surface area (Å²) in [6, 6.07) is 7.68. The number of nitrogens with zero attached hydrogens (tertiary/aromatic N) is 4. The highest BCUT2D eigenvalue weighted by Gasteiger charge is 2.60. The van der Waals surface area contributed by atoms with Gasteiger partial charge < -0.3 is 15.7 Å². The number of carbonyl (C=O) groups excluding carboxylic acids is 5. The Bertz CT molecular complexity index is 2150. The third-order valence-corrected chi connectivity index (χ3v) is 13.7. The van der Waals surface area contributed by atoms with E-state index < -0.39 is 35.6 Å². The van der Waals surface area contributed by atoms with E-state index in [1.54, 1.807) is 36.5 Å². The third-order valence-electron chi connectivity index (χ3n) is 13.7. The molecule has 3 atom stereocenters. The van der Waals surface area contributed by atoms with Crippen molar-refractivity contribution in [2.45, 2.75) is 122 Å². The van der Waals surface area contributed by atoms with E-state index in [2.05, 4.69) is 20.9 Å². The Kier molecular flexibility index (Phi) is 11.4. The average molecular weight is 806 g/mol. The zero-order valence-electron chi connectivity index (χ0n) is 33.9. The molecule has 3 unspecified atom stereocenters. The molecular formula is C45H55N7O7. The summed E-state index contributed by atoms with van der Waals surface area (Å²) in [4.78, 5) is 81.3. The number of anilines is 1. The van der Waals surface area contributed by atoms with Crippen molar-refractivity contribution in [2.75, 3.05) is 18.4 Å². The summed E-state index contributed by atoms with van der Waals surface area (Å²) in [5.41, 5.74) is 3.17. The molecule has 3 aromatic rings. The molecule has 4 aliphatic carbocycles. The summed E-state index contributed by atoms with van der Waals surface area (Å²) < 4.78 is 2.04. The fourth-order valence-electron chi connectivity index (χ4n) is 11.5. The molecule has 4 saturated carbocycles. The topological polar surface area (TPSA) is 193 Å². The van der Waals surface area contributed by atoms with Crippen LogP contribution in [0.4, 0.5) is 5.69 Å². The SMILES string of the molecule is Cc1c(-c2cccnc2C(=O)O)cnn1CC12CC3CC(C1)CC(C(=O)NCCCCCCCCCCNc1cccc4c1C(=O)N(C1CCC(=O)NC1=O)C4=O)(C3)C2. The third kappa shape index (κ3) is 8.02. The number of aromatic carboxylic acids is 1. The molecule has 4 heterocycles. The number of hydrogen-bond acceptors (Lipinski definition) is 9. The Balaban J connectivity index is 0.734. The second-order valence-corrected chi connectivity index (χ2v) is 17.9. The van der Waals surface area contributed by atoms with Gasteiger partial charge in [-0.1, -0.05) is 50.7 Å². The highest BCUT2D eigenvalue weighted by atomic mass is 16.4. The normalized spacial score (nSPS) is 25.6. The molecule has 0 radical (unpaired) electrons. The lowest BCUT2D eigenvalue weighted by atomic mass is 9.44. The van der Waals surface area contributed by atoms with Crippen LogP contribution in [0.3, 0.4) is 0 Å². The molecule has 1 saturated heterocycles. The first-order valence-electron chi connectivity index (χ1n) is 21.6. The van der Waals surface area contributed by atoms with Crippen LogP contribution in [0.2, 0.25) is 0 Å². The molecule has 2 aliphatic heterocycles. The number of imide groups is 2. The Morgan fingerprint density at radius 2 is 1.56 bits per heavy atom. The van der Waals surface area contributed by atoms with Gasteiger partial charge in [0.15, 0.2) is 5.69 Å². The van der Waals surface area contributed by atoms with Crippen molar-refractivity contribution in [1.29, 1.82) is 0 Å². The minimum Gasteiger partial charge on any atom is -0.476 e. The van der Waals surface area contributed by atoms with E-state index in [4.69, 9.17) is 5.10 Å². The van der Waals surface area contributed by atoms with E-state index >= 15 is 0 Å². The first kappa shape index (κ1) is 40.4. The molecule has 14 nitrogen and oxygen atoms in total. The van der Waals surface area contributed by atoms with Crippen LogP contribution in [0.1, 0.15) is 140 Å². The number of benzene rings is 1. The van der Waals surface area contributed by atoms with E-state index in [-0.39, 0.29) is 46.4 Å². The summed E-state index contributed by atoms with van der Waals surface area (Å²) in [5.74, 6) is -1.74. The molecule has 4 N–H and O–H groups in total. The van der Waals surface area contributed by atoms with E-state index in [1.165, 1.54) is 12.6 Å². The first-order chi connectivity index (χ1) is 28.5. The van der Waals surface area contributed by atoms with Crippen molar-refractivity contribution in [3.05, 3.63) is 65.2 Å². The number of fused-ring (bicyclic) bond motifs is 1. The molecule has 312 valence electrons. The van der Waals surface area contributed by atoms with Crippen molar-refractivity contribution < 1.29 is 33.9 Å². The highest BCUT2D eigenvalue weighted by molar-refractivity contribution is 6.25. The fraction of sp³-hybridized carbons (Fsp3) is 0.556. The van der Waals surface area contributed by atoms with Gasteiger partial charge >= 0.3 is 5.97 Å². The lowest BCUT2D eigenvalue weighted by Crippen LogP contribution is -2.58. The monoisotopic (exact) mass is 805 g/mol. The van der Waals surface area contributed by atoms with Crippen LogP contribution in [0.25, 0.3) is 11.1 Å². The van der Waals surface area contributed by atoms with Crippen molar-refractivity contribution in [3.63, 3.8) is 0 Å². The number of carboxylic acids is 1. The smallest absolute Gasteiger partial charge is 0.355 e. The van der Waals surface area contributed by atoms with Gasteiger partial charge in [0.25, 0.3) is 11.8 Å². The largest absolute Gasteiger partial charge is 0.476 e. The Hall–Kier alpha value is -5.40. The van der Waals surface area contributed by atoms with Gasteiger partial charge in [-0.2, -0.15) is 5.10 Å². The van der Waals surface area contributed by atoms with Crippen molar-refractivity contribution in [3.8, 4) is 11.1 Å². The van der Waals surface area contributed by atoms with E-state index in [9.17, 15) is 33.9 Å². The molecular weight excluding hydrogens is 751 g/mol. The molecule has 9 rings (SSSR count). The Labute approximate surface area is 344 Å². The second-order valence-electron chi connectivity index (χ2n) is 17.9. The molecule has 4 bridgehead atoms. The van der Waals surface area contributed by atoms with Crippen molar-refractivity contribution in [2.24, 2.45) is 22.7 Å². The number of carboxylic acid groups (broad SMARTS) is 1. The van der Waals surface area contributed by atoms with Gasteiger partial charge in [-0.25, -0.2) is 9.78 Å². The summed E-state index contributed by atoms with van der Waals surface area (Å²) in [6.45, 7) is 4.10. The molecule has 1 aromatic carbocycles. The van der Waals surface area contributed by atoms with Gasteiger partial charge in [-0.15, -0.1) is 0 Å². The number of carbonyl (C=O) groups is 6. The molecule has 59 heavy (non-hydrogen) atoms. The zero-order valence-corrected chi connectivity index (χ0v) is 33.9. The minimum absolute atomic E-state index is 0.0124. The number of amides is 5. The van der Waals surface area contributed by atoms with Crippen LogP contribution in [-0.4, -0.2) is 79.4 Å². The quantitative estimate of drug-likeness (QED) is 0.0839. The summed E-state index contributed by atoms with van der Waals surface area (Å²) in [6.07, 6.45) is 18.2. The van der Waals surface area contributed by atoms with Gasteiger partial charge in [-0.3, -0.25) is 38.9 Å². The van der Waals surface area contributed by atoms with Crippen LogP contribution in [0.15, 0.2) is 42.7 Å². The van der Waals surface area contributed by atoms with Crippen LogP contribution >= 0.6 is 0 Å². The van der Waals surface area contributed by atoms with Crippen LogP contribution in [-0.2, 0) is 20.9 Å². The average Bonchev–Trinajstić information content (AvgIpc) is 3.68. The number of pyridine rings is 1. The van der Waals surface area contributed by atoms with Crippen LogP contribution in [0.5, 0.6) is 0 Å². The minimum atomic E-state index is -1.06. The lowest BCUT2D eigenvalue weighted by molar-refractivity contribution is -0.159. The van der Waals surface area contributed by atoms with E-state index in [0.29, 0.717) is 36.2 Å². The maximum absolute atomic E-state index is 13.9. The number of nitrogens with one attached hydrogen (secondary N) is 3. The zero-order chi connectivity index (χ0) is 41.3. The van der Waals surface area contributed by atoms with Gasteiger partial charge in [0.05, 0.1) is 22.7 Å². The van der Waals surface area contributed by atoms with E-state index in [1.807, 2.05) is 11.6 Å². The predicted molar refractivity (Wildman–Crippen MR) is 218 cm³/mol. The van der Waals surface area contributed by atoms with Gasteiger partial charge in [0, 0.05) is 54.8 Å². The number of piperidine rings is 1. The number of aromatic nitrogens is 3. The van der Waals surface area contributed by atoms with E-state index in [0.717, 1.165) is 106 Å². The number of unbranched alkanes of at least 4 members (excludes halogenated alkanes) is 7. The number of hydrogen-bond donors (Lipinski definition) is 4. The molecule has 5 amide bonds. The number of rotatable bonds is 18. The summed E-state index contributed by atoms with van der Waals surface area (Å²) in [5, 5.41) is 23.4. The Morgan fingerprint density at radius 1 is 0.864 bits per heavy atom. The standard InChI is InChI=1S/C45H55N7O7/c1-28-33(31-13-11-19-47-38(31)42(57)58)25-49-51(28)27-44-21-29-20-30(22-44)24-45(23-29,26-44)43(59)48-18-9-7-5-3-2-4-6-8-17-46-34-14-10-12-32-37(34)41(56)52(40(32)55)35-15-16-36(53)50-39(35)54/h10-14,19,25,29-30,35,46H,2-9,15-18,20-24,26-27H2,1H3,(H,48,59)(H,57,58)(H,50,53,54). The first-order valence-corrected chi connectivity index (χ1v) is 21.6. The molecule has 6 aliphatic rings. The van der Waals surface area contributed by atoms with Crippen LogP contribution in [0, 0.1) is 29.6 Å². The van der Waals surface area contributed by atoms with Crippen molar-refractivity contribution in [1.82, 2.24) is 30.3 Å².